The first-order valence-electron chi connectivity index (χ1n) is 3.96. The summed E-state index contributed by atoms with van der Waals surface area (Å²) in [6.07, 6.45) is 1.41. The maximum Gasteiger partial charge on any atom is 0.239 e. The van der Waals surface area contributed by atoms with Crippen LogP contribution in [0, 0.1) is 5.92 Å². The Bertz CT molecular complexity index is 272. The van der Waals surface area contributed by atoms with Gasteiger partial charge in [0.2, 0.25) is 5.91 Å². The summed E-state index contributed by atoms with van der Waals surface area (Å²) in [6, 6.07) is 1.60. The Morgan fingerprint density at radius 1 is 1.69 bits per heavy atom. The minimum atomic E-state index is -0.204. The van der Waals surface area contributed by atoms with Gasteiger partial charge in [-0.2, -0.15) is 0 Å². The molecule has 1 rings (SSSR count). The number of carbonyl (C=O) groups excluding carboxylic acids is 1. The van der Waals surface area contributed by atoms with E-state index in [9.17, 15) is 4.79 Å². The topological polar surface area (TPSA) is 55.1 Å². The highest BCUT2D eigenvalue weighted by Gasteiger charge is 2.18. The fraction of sp³-hybridized carbons (Fsp3) is 0.500. The highest BCUT2D eigenvalue weighted by molar-refractivity contribution is 9.10. The van der Waals surface area contributed by atoms with E-state index in [1.807, 2.05) is 13.8 Å². The van der Waals surface area contributed by atoms with Crippen LogP contribution in [0.2, 0.25) is 0 Å². The van der Waals surface area contributed by atoms with Gasteiger partial charge in [0.15, 0.2) is 5.82 Å². The van der Waals surface area contributed by atoms with Crippen LogP contribution in [0.15, 0.2) is 16.9 Å². The molecule has 5 heteroatoms. The quantitative estimate of drug-likeness (QED) is 0.831. The van der Waals surface area contributed by atoms with Gasteiger partial charge in [-0.15, -0.1) is 0 Å². The van der Waals surface area contributed by atoms with Crippen LogP contribution in [0.3, 0.4) is 0 Å². The normalized spacial score (nSPS) is 12.9. The zero-order valence-electron chi connectivity index (χ0n) is 7.45. The standard InChI is InChI=1S/C8H11BrN2O2/c1-5(2)7(9)8(12)10-6-3-4-13-11-6/h3-5,7H,1-2H3,(H,10,11,12). The van der Waals surface area contributed by atoms with Gasteiger partial charge in [-0.25, -0.2) is 0 Å². The molecule has 0 aliphatic carbocycles. The maximum atomic E-state index is 11.4. The third-order valence-corrected chi connectivity index (χ3v) is 3.00. The number of aromatic nitrogens is 1. The number of nitrogens with one attached hydrogen (secondary N) is 1. The summed E-state index contributed by atoms with van der Waals surface area (Å²) in [5.74, 6) is 0.575. The molecule has 0 fully saturated rings. The van der Waals surface area contributed by atoms with Crippen LogP contribution in [0.1, 0.15) is 13.8 Å². The van der Waals surface area contributed by atoms with Crippen molar-refractivity contribution in [3.05, 3.63) is 12.3 Å². The van der Waals surface area contributed by atoms with Crippen molar-refractivity contribution in [2.45, 2.75) is 18.7 Å². The number of amides is 1. The predicted octanol–water partition coefficient (Wildman–Crippen LogP) is 2.03. The Hall–Kier alpha value is -0.840. The van der Waals surface area contributed by atoms with E-state index in [-0.39, 0.29) is 16.7 Å². The maximum absolute atomic E-state index is 11.4. The molecule has 4 nitrogen and oxygen atoms in total. The van der Waals surface area contributed by atoms with Crippen molar-refractivity contribution in [1.82, 2.24) is 5.16 Å². The number of nitrogens with zero attached hydrogens (tertiary/aromatic N) is 1. The van der Waals surface area contributed by atoms with E-state index in [4.69, 9.17) is 0 Å². The molecular formula is C8H11BrN2O2. The summed E-state index contributed by atoms with van der Waals surface area (Å²) in [5.41, 5.74) is 0. The average Bonchev–Trinajstić information content (AvgIpc) is 2.55. The first-order valence-corrected chi connectivity index (χ1v) is 4.88. The lowest BCUT2D eigenvalue weighted by Gasteiger charge is -2.11. The molecule has 0 aliphatic heterocycles. The SMILES string of the molecule is CC(C)C(Br)C(=O)Nc1ccon1. The highest BCUT2D eigenvalue weighted by atomic mass is 79.9. The number of halogens is 1. The molecule has 0 saturated carbocycles. The second-order valence-electron chi connectivity index (χ2n) is 3.02. The van der Waals surface area contributed by atoms with Crippen LogP contribution in [-0.4, -0.2) is 15.9 Å². The van der Waals surface area contributed by atoms with E-state index in [0.29, 0.717) is 5.82 Å². The summed E-state index contributed by atoms with van der Waals surface area (Å²) in [4.78, 5) is 11.2. The van der Waals surface area contributed by atoms with Gasteiger partial charge in [0.1, 0.15) is 6.26 Å². The number of anilines is 1. The number of rotatable bonds is 3. The molecule has 0 aromatic carbocycles. The minimum absolute atomic E-state index is 0.107. The molecule has 1 unspecified atom stereocenters. The summed E-state index contributed by atoms with van der Waals surface area (Å²) >= 11 is 3.28. The summed E-state index contributed by atoms with van der Waals surface area (Å²) < 4.78 is 4.58. The summed E-state index contributed by atoms with van der Waals surface area (Å²) in [7, 11) is 0. The zero-order valence-corrected chi connectivity index (χ0v) is 9.04. The molecule has 1 heterocycles. The third kappa shape index (κ3) is 2.84. The minimum Gasteiger partial charge on any atom is -0.363 e. The molecule has 0 radical (unpaired) electrons. The van der Waals surface area contributed by atoms with Crippen molar-refractivity contribution >= 4 is 27.7 Å². The molecule has 1 aromatic heterocycles. The van der Waals surface area contributed by atoms with Gasteiger partial charge >= 0.3 is 0 Å². The van der Waals surface area contributed by atoms with Crippen LogP contribution < -0.4 is 5.32 Å². The van der Waals surface area contributed by atoms with Gasteiger partial charge in [0, 0.05) is 6.07 Å². The van der Waals surface area contributed by atoms with Crippen LogP contribution in [0.4, 0.5) is 5.82 Å². The van der Waals surface area contributed by atoms with Gasteiger partial charge in [-0.05, 0) is 5.92 Å². The van der Waals surface area contributed by atoms with Crippen LogP contribution >= 0.6 is 15.9 Å². The van der Waals surface area contributed by atoms with Gasteiger partial charge < -0.3 is 9.84 Å². The molecule has 1 amide bonds. The van der Waals surface area contributed by atoms with Crippen LogP contribution in [-0.2, 0) is 4.79 Å². The Labute approximate surface area is 84.8 Å². The monoisotopic (exact) mass is 246 g/mol. The van der Waals surface area contributed by atoms with Crippen molar-refractivity contribution in [2.75, 3.05) is 5.32 Å². The lowest BCUT2D eigenvalue weighted by molar-refractivity contribution is -0.116. The van der Waals surface area contributed by atoms with Gasteiger partial charge in [0.05, 0.1) is 4.83 Å². The Kier molecular flexibility index (Phi) is 3.48. The van der Waals surface area contributed by atoms with Gasteiger partial charge in [-0.3, -0.25) is 4.79 Å². The van der Waals surface area contributed by atoms with Crippen molar-refractivity contribution < 1.29 is 9.32 Å². The second-order valence-corrected chi connectivity index (χ2v) is 4.01. The van der Waals surface area contributed by atoms with Crippen molar-refractivity contribution in [3.8, 4) is 0 Å². The zero-order chi connectivity index (χ0) is 9.84. The molecule has 0 saturated heterocycles. The molecule has 1 atom stereocenters. The molecule has 1 N–H and O–H groups in total. The van der Waals surface area contributed by atoms with Crippen molar-refractivity contribution in [2.24, 2.45) is 5.92 Å². The van der Waals surface area contributed by atoms with Gasteiger partial charge in [-0.1, -0.05) is 34.9 Å². The molecule has 0 spiro atoms. The summed E-state index contributed by atoms with van der Waals surface area (Å²) in [5, 5.41) is 6.18. The fourth-order valence-electron chi connectivity index (χ4n) is 0.775. The molecule has 13 heavy (non-hydrogen) atoms. The number of alkyl halides is 1. The molecular weight excluding hydrogens is 236 g/mol. The van der Waals surface area contributed by atoms with E-state index in [0.717, 1.165) is 0 Å². The largest absolute Gasteiger partial charge is 0.363 e. The van der Waals surface area contributed by atoms with E-state index in [1.165, 1.54) is 6.26 Å². The number of hydrogen-bond acceptors (Lipinski definition) is 3. The van der Waals surface area contributed by atoms with Crippen molar-refractivity contribution in [1.29, 1.82) is 0 Å². The van der Waals surface area contributed by atoms with E-state index >= 15 is 0 Å². The molecule has 1 aromatic rings. The predicted molar refractivity (Wildman–Crippen MR) is 52.7 cm³/mol. The lowest BCUT2D eigenvalue weighted by atomic mass is 10.1. The van der Waals surface area contributed by atoms with Crippen LogP contribution in [0.25, 0.3) is 0 Å². The number of hydrogen-bond donors (Lipinski definition) is 1. The Morgan fingerprint density at radius 3 is 2.85 bits per heavy atom. The van der Waals surface area contributed by atoms with Crippen molar-refractivity contribution in [3.63, 3.8) is 0 Å². The fourth-order valence-corrected chi connectivity index (χ4v) is 0.889. The molecule has 0 aliphatic rings. The summed E-state index contributed by atoms with van der Waals surface area (Å²) in [6.45, 7) is 3.92. The first kappa shape index (κ1) is 10.2. The Morgan fingerprint density at radius 2 is 2.38 bits per heavy atom. The number of carbonyl (C=O) groups is 1. The molecule has 0 bridgehead atoms. The average molecular weight is 247 g/mol. The highest BCUT2D eigenvalue weighted by Crippen LogP contribution is 2.14. The van der Waals surface area contributed by atoms with E-state index in [1.54, 1.807) is 6.07 Å². The first-order chi connectivity index (χ1) is 6.11. The van der Waals surface area contributed by atoms with Crippen LogP contribution in [0.5, 0.6) is 0 Å². The second kappa shape index (κ2) is 4.41. The molecule has 72 valence electrons. The van der Waals surface area contributed by atoms with E-state index < -0.39 is 0 Å². The smallest absolute Gasteiger partial charge is 0.239 e. The van der Waals surface area contributed by atoms with Gasteiger partial charge in [0.25, 0.3) is 0 Å². The third-order valence-electron chi connectivity index (χ3n) is 1.52. The lowest BCUT2D eigenvalue weighted by Crippen LogP contribution is -2.27. The Balaban J connectivity index is 2.51. The van der Waals surface area contributed by atoms with E-state index in [2.05, 4.69) is 30.9 Å².